The molecule has 7 heteroatoms. The summed E-state index contributed by atoms with van der Waals surface area (Å²) in [4.78, 5) is 16.8. The van der Waals surface area contributed by atoms with Crippen molar-refractivity contribution in [3.8, 4) is 5.69 Å². The number of carbonyl (C=O) groups is 1. The Hall–Kier alpha value is -3.06. The van der Waals surface area contributed by atoms with Gasteiger partial charge in [0.1, 0.15) is 5.52 Å². The first-order valence-electron chi connectivity index (χ1n) is 8.51. The van der Waals surface area contributed by atoms with E-state index in [2.05, 4.69) is 15.4 Å². The average Bonchev–Trinajstić information content (AvgIpc) is 3.23. The van der Waals surface area contributed by atoms with Crippen LogP contribution in [0.3, 0.4) is 0 Å². The molecule has 27 heavy (non-hydrogen) atoms. The molecule has 0 fully saturated rings. The van der Waals surface area contributed by atoms with Crippen LogP contribution in [-0.4, -0.2) is 26.4 Å². The Morgan fingerprint density at radius 1 is 1.11 bits per heavy atom. The normalized spacial score (nSPS) is 11.0. The van der Waals surface area contributed by atoms with Gasteiger partial charge in [0.2, 0.25) is 5.91 Å². The molecule has 1 amide bonds. The lowest BCUT2D eigenvalue weighted by atomic mass is 10.3. The van der Waals surface area contributed by atoms with Crippen LogP contribution in [0.4, 0.5) is 5.69 Å². The summed E-state index contributed by atoms with van der Waals surface area (Å²) in [6.45, 7) is 3.83. The average molecular weight is 378 g/mol. The zero-order valence-electron chi connectivity index (χ0n) is 15.0. The number of amides is 1. The second-order valence-corrected chi connectivity index (χ2v) is 7.00. The highest BCUT2D eigenvalue weighted by Crippen LogP contribution is 2.25. The van der Waals surface area contributed by atoms with Crippen LogP contribution in [0.15, 0.2) is 64.2 Å². The smallest absolute Gasteiger partial charge is 0.257 e. The third-order valence-electron chi connectivity index (χ3n) is 4.16. The predicted molar refractivity (Wildman–Crippen MR) is 106 cm³/mol. The molecule has 6 nitrogen and oxygen atoms in total. The number of hydrogen-bond acceptors (Lipinski definition) is 5. The number of para-hydroxylation sites is 3. The summed E-state index contributed by atoms with van der Waals surface area (Å²) in [6, 6.07) is 17.4. The Bertz CT molecular complexity index is 1070. The van der Waals surface area contributed by atoms with E-state index < -0.39 is 0 Å². The fraction of sp³-hybridized carbons (Fsp3) is 0.150. The van der Waals surface area contributed by atoms with Crippen molar-refractivity contribution in [2.24, 2.45) is 0 Å². The third-order valence-corrected chi connectivity index (χ3v) is 4.99. The number of fused-ring (bicyclic) bond motifs is 1. The molecule has 0 aliphatic carbocycles. The van der Waals surface area contributed by atoms with Gasteiger partial charge in [0, 0.05) is 0 Å². The van der Waals surface area contributed by atoms with Gasteiger partial charge in [-0.25, -0.2) is 9.67 Å². The number of aryl methyl sites for hydroxylation is 1. The van der Waals surface area contributed by atoms with Crippen molar-refractivity contribution in [3.05, 3.63) is 66.0 Å². The molecule has 2 aromatic carbocycles. The summed E-state index contributed by atoms with van der Waals surface area (Å²) in [5.74, 6) is 0.0865. The minimum Gasteiger partial charge on any atom is -0.431 e. The molecule has 4 rings (SSSR count). The molecule has 2 heterocycles. The first kappa shape index (κ1) is 17.4. The summed E-state index contributed by atoms with van der Waals surface area (Å²) in [5.41, 5.74) is 4.87. The van der Waals surface area contributed by atoms with Gasteiger partial charge in [-0.15, -0.1) is 0 Å². The number of thioether (sulfide) groups is 1. The van der Waals surface area contributed by atoms with Crippen molar-refractivity contribution in [2.45, 2.75) is 19.1 Å². The maximum Gasteiger partial charge on any atom is 0.257 e. The number of oxazole rings is 1. The Balaban J connectivity index is 1.46. The summed E-state index contributed by atoms with van der Waals surface area (Å²) in [5, 5.41) is 7.99. The fourth-order valence-corrected chi connectivity index (χ4v) is 3.50. The second kappa shape index (κ2) is 7.28. The molecule has 0 unspecified atom stereocenters. The van der Waals surface area contributed by atoms with Crippen LogP contribution < -0.4 is 5.32 Å². The van der Waals surface area contributed by atoms with Gasteiger partial charge in [-0.3, -0.25) is 4.79 Å². The highest BCUT2D eigenvalue weighted by molar-refractivity contribution is 7.99. The molecule has 0 saturated heterocycles. The highest BCUT2D eigenvalue weighted by atomic mass is 32.2. The van der Waals surface area contributed by atoms with Gasteiger partial charge in [0.25, 0.3) is 5.22 Å². The van der Waals surface area contributed by atoms with Crippen molar-refractivity contribution < 1.29 is 9.21 Å². The molecule has 1 N–H and O–H groups in total. The van der Waals surface area contributed by atoms with E-state index in [4.69, 9.17) is 4.42 Å². The van der Waals surface area contributed by atoms with Crippen molar-refractivity contribution in [2.75, 3.05) is 11.1 Å². The number of benzene rings is 2. The molecule has 0 atom stereocenters. The molecule has 0 radical (unpaired) electrons. The molecule has 0 aliphatic heterocycles. The van der Waals surface area contributed by atoms with Gasteiger partial charge >= 0.3 is 0 Å². The quantitative estimate of drug-likeness (QED) is 0.522. The van der Waals surface area contributed by atoms with E-state index in [-0.39, 0.29) is 11.7 Å². The topological polar surface area (TPSA) is 73.0 Å². The van der Waals surface area contributed by atoms with E-state index in [1.54, 1.807) is 0 Å². The zero-order valence-corrected chi connectivity index (χ0v) is 15.8. The van der Waals surface area contributed by atoms with Crippen LogP contribution in [-0.2, 0) is 4.79 Å². The maximum atomic E-state index is 12.4. The number of carbonyl (C=O) groups excluding carboxylic acids is 1. The van der Waals surface area contributed by atoms with Crippen LogP contribution in [0.25, 0.3) is 16.8 Å². The van der Waals surface area contributed by atoms with E-state index in [1.807, 2.05) is 73.1 Å². The van der Waals surface area contributed by atoms with E-state index in [1.165, 1.54) is 11.8 Å². The molecular weight excluding hydrogens is 360 g/mol. The van der Waals surface area contributed by atoms with Gasteiger partial charge in [0.15, 0.2) is 5.58 Å². The zero-order chi connectivity index (χ0) is 18.8. The number of rotatable bonds is 5. The lowest BCUT2D eigenvalue weighted by Crippen LogP contribution is -2.15. The first-order chi connectivity index (χ1) is 13.1. The summed E-state index contributed by atoms with van der Waals surface area (Å²) in [6.07, 6.45) is 0. The van der Waals surface area contributed by atoms with E-state index in [9.17, 15) is 4.79 Å². The molecular formula is C20H18N4O2S. The number of hydrogen-bond donors (Lipinski definition) is 1. The highest BCUT2D eigenvalue weighted by Gasteiger charge is 2.16. The molecule has 4 aromatic rings. The molecule has 2 aromatic heterocycles. The van der Waals surface area contributed by atoms with Gasteiger partial charge in [0.05, 0.1) is 28.5 Å². The van der Waals surface area contributed by atoms with Gasteiger partial charge in [-0.2, -0.15) is 5.10 Å². The largest absolute Gasteiger partial charge is 0.431 e. The lowest BCUT2D eigenvalue weighted by Gasteiger charge is -2.06. The summed E-state index contributed by atoms with van der Waals surface area (Å²) < 4.78 is 7.47. The van der Waals surface area contributed by atoms with Gasteiger partial charge < -0.3 is 9.73 Å². The van der Waals surface area contributed by atoms with E-state index in [0.29, 0.717) is 5.22 Å². The molecule has 0 bridgehead atoms. The minimum absolute atomic E-state index is 0.124. The van der Waals surface area contributed by atoms with Gasteiger partial charge in [-0.1, -0.05) is 42.1 Å². The molecule has 0 saturated carbocycles. The maximum absolute atomic E-state index is 12.4. The van der Waals surface area contributed by atoms with Crippen molar-refractivity contribution >= 4 is 34.5 Å². The van der Waals surface area contributed by atoms with E-state index in [0.717, 1.165) is 33.9 Å². The minimum atomic E-state index is -0.124. The molecule has 0 aliphatic rings. The van der Waals surface area contributed by atoms with E-state index >= 15 is 0 Å². The monoisotopic (exact) mass is 378 g/mol. The standard InChI is InChI=1S/C20H18N4O2S/c1-13-19(14(2)24(23-13)15-8-4-3-5-9-15)22-18(25)12-27-20-21-16-10-6-7-11-17(16)26-20/h3-11H,12H2,1-2H3,(H,22,25). The number of anilines is 1. The third kappa shape index (κ3) is 3.59. The molecule has 0 spiro atoms. The number of nitrogens with zero attached hydrogens (tertiary/aromatic N) is 3. The summed E-state index contributed by atoms with van der Waals surface area (Å²) >= 11 is 1.27. The Morgan fingerprint density at radius 2 is 1.85 bits per heavy atom. The van der Waals surface area contributed by atoms with Crippen LogP contribution in [0.2, 0.25) is 0 Å². The Kier molecular flexibility index (Phi) is 4.68. The Labute approximate surface area is 160 Å². The lowest BCUT2D eigenvalue weighted by molar-refractivity contribution is -0.113. The van der Waals surface area contributed by atoms with Crippen molar-refractivity contribution in [3.63, 3.8) is 0 Å². The molecule has 136 valence electrons. The second-order valence-electron chi connectivity index (χ2n) is 6.08. The number of aromatic nitrogens is 3. The van der Waals surface area contributed by atoms with Crippen molar-refractivity contribution in [1.82, 2.24) is 14.8 Å². The first-order valence-corrected chi connectivity index (χ1v) is 9.50. The predicted octanol–water partition coefficient (Wildman–Crippen LogP) is 4.36. The SMILES string of the molecule is Cc1nn(-c2ccccc2)c(C)c1NC(=O)CSc1nc2ccccc2o1. The van der Waals surface area contributed by atoms with Crippen LogP contribution in [0.1, 0.15) is 11.4 Å². The van der Waals surface area contributed by atoms with Gasteiger partial charge in [-0.05, 0) is 38.1 Å². The fourth-order valence-electron chi connectivity index (χ4n) is 2.86. The van der Waals surface area contributed by atoms with Crippen LogP contribution in [0.5, 0.6) is 0 Å². The Morgan fingerprint density at radius 3 is 2.63 bits per heavy atom. The van der Waals surface area contributed by atoms with Crippen molar-refractivity contribution in [1.29, 1.82) is 0 Å². The van der Waals surface area contributed by atoms with Crippen LogP contribution in [0, 0.1) is 13.8 Å². The van der Waals surface area contributed by atoms with Crippen LogP contribution >= 0.6 is 11.8 Å². The number of nitrogens with one attached hydrogen (secondary N) is 1. The summed E-state index contributed by atoms with van der Waals surface area (Å²) in [7, 11) is 0.